The number of carbonyl (C=O) groups is 1. The lowest BCUT2D eigenvalue weighted by Gasteiger charge is -2.11. The molecule has 2 N–H and O–H groups in total. The number of ketones is 1. The van der Waals surface area contributed by atoms with Gasteiger partial charge in [0.25, 0.3) is 0 Å². The first kappa shape index (κ1) is 14.1. The highest BCUT2D eigenvalue weighted by Crippen LogP contribution is 2.24. The van der Waals surface area contributed by atoms with Crippen LogP contribution in [0, 0.1) is 0 Å². The summed E-state index contributed by atoms with van der Waals surface area (Å²) in [5.41, 5.74) is 8.64. The predicted octanol–water partition coefficient (Wildman–Crippen LogP) is 3.46. The Hall–Kier alpha value is -2.29. The third kappa shape index (κ3) is 2.99. The summed E-state index contributed by atoms with van der Waals surface area (Å²) >= 11 is 0. The molecule has 0 atom stereocenters. The van der Waals surface area contributed by atoms with E-state index < -0.39 is 0 Å². The van der Waals surface area contributed by atoms with Crippen molar-refractivity contribution in [2.75, 3.05) is 12.3 Å². The second-order valence-electron chi connectivity index (χ2n) is 4.57. The maximum Gasteiger partial charge on any atom is 0.196 e. The van der Waals surface area contributed by atoms with Crippen LogP contribution in [0.2, 0.25) is 0 Å². The number of hydrogen-bond acceptors (Lipinski definition) is 3. The van der Waals surface area contributed by atoms with Gasteiger partial charge in [0, 0.05) is 11.3 Å². The average Bonchev–Trinajstić information content (AvgIpc) is 2.48. The van der Waals surface area contributed by atoms with Crippen LogP contribution in [0.4, 0.5) is 5.69 Å². The van der Waals surface area contributed by atoms with Crippen LogP contribution in [0.3, 0.4) is 0 Å². The van der Waals surface area contributed by atoms with Crippen LogP contribution in [0.1, 0.15) is 35.3 Å². The lowest BCUT2D eigenvalue weighted by atomic mass is 9.99. The van der Waals surface area contributed by atoms with Crippen LogP contribution >= 0.6 is 0 Å². The lowest BCUT2D eigenvalue weighted by Crippen LogP contribution is -2.06. The third-order valence-electron chi connectivity index (χ3n) is 3.17. The predicted molar refractivity (Wildman–Crippen MR) is 81.3 cm³/mol. The molecule has 0 aliphatic carbocycles. The smallest absolute Gasteiger partial charge is 0.196 e. The summed E-state index contributed by atoms with van der Waals surface area (Å²) in [6.45, 7) is 4.51. The SMILES string of the molecule is CCOc1ccc(CC)cc1C(=O)c1ccc(N)cc1. The van der Waals surface area contributed by atoms with E-state index in [2.05, 4.69) is 6.92 Å². The monoisotopic (exact) mass is 269 g/mol. The van der Waals surface area contributed by atoms with E-state index in [0.717, 1.165) is 12.0 Å². The molecule has 0 heterocycles. The highest BCUT2D eigenvalue weighted by atomic mass is 16.5. The van der Waals surface area contributed by atoms with E-state index in [4.69, 9.17) is 10.5 Å². The van der Waals surface area contributed by atoms with Crippen molar-refractivity contribution in [1.82, 2.24) is 0 Å². The maximum atomic E-state index is 12.6. The molecule has 3 heteroatoms. The summed E-state index contributed by atoms with van der Waals surface area (Å²) in [4.78, 5) is 12.6. The topological polar surface area (TPSA) is 52.3 Å². The minimum atomic E-state index is -0.0382. The zero-order valence-electron chi connectivity index (χ0n) is 11.8. The van der Waals surface area contributed by atoms with E-state index in [-0.39, 0.29) is 5.78 Å². The van der Waals surface area contributed by atoms with Gasteiger partial charge in [-0.25, -0.2) is 0 Å². The summed E-state index contributed by atoms with van der Waals surface area (Å²) in [5.74, 6) is 0.593. The summed E-state index contributed by atoms with van der Waals surface area (Å²) < 4.78 is 5.56. The molecule has 2 rings (SSSR count). The molecule has 2 aromatic rings. The summed E-state index contributed by atoms with van der Waals surface area (Å²) in [6.07, 6.45) is 0.883. The molecule has 0 unspecified atom stereocenters. The number of ether oxygens (including phenoxy) is 1. The fourth-order valence-corrected chi connectivity index (χ4v) is 2.05. The standard InChI is InChI=1S/C17H19NO2/c1-3-12-5-10-16(20-4-2)15(11-12)17(19)13-6-8-14(18)9-7-13/h5-11H,3-4,18H2,1-2H3. The second-order valence-corrected chi connectivity index (χ2v) is 4.57. The molecule has 0 saturated heterocycles. The zero-order chi connectivity index (χ0) is 14.5. The van der Waals surface area contributed by atoms with Crippen molar-refractivity contribution in [1.29, 1.82) is 0 Å². The van der Waals surface area contributed by atoms with Crippen molar-refractivity contribution >= 4 is 11.5 Å². The van der Waals surface area contributed by atoms with Gasteiger partial charge in [-0.2, -0.15) is 0 Å². The van der Waals surface area contributed by atoms with Crippen LogP contribution in [-0.2, 0) is 6.42 Å². The van der Waals surface area contributed by atoms with Gasteiger partial charge < -0.3 is 10.5 Å². The number of nitrogen functional groups attached to an aromatic ring is 1. The Morgan fingerprint density at radius 3 is 2.40 bits per heavy atom. The number of hydrogen-bond donors (Lipinski definition) is 1. The van der Waals surface area contributed by atoms with Gasteiger partial charge in [-0.05, 0) is 55.3 Å². The summed E-state index contributed by atoms with van der Waals surface area (Å²) in [7, 11) is 0. The molecule has 20 heavy (non-hydrogen) atoms. The molecule has 0 bridgehead atoms. The van der Waals surface area contributed by atoms with Gasteiger partial charge in [-0.15, -0.1) is 0 Å². The van der Waals surface area contributed by atoms with Gasteiger partial charge in [-0.3, -0.25) is 4.79 Å². The number of nitrogens with two attached hydrogens (primary N) is 1. The normalized spacial score (nSPS) is 10.3. The van der Waals surface area contributed by atoms with Crippen LogP contribution in [0.25, 0.3) is 0 Å². The molecule has 0 radical (unpaired) electrons. The Morgan fingerprint density at radius 2 is 1.80 bits per heavy atom. The van der Waals surface area contributed by atoms with E-state index in [1.807, 2.05) is 25.1 Å². The Balaban J connectivity index is 2.43. The summed E-state index contributed by atoms with van der Waals surface area (Å²) in [5, 5.41) is 0. The molecule has 2 aromatic carbocycles. The molecule has 0 aromatic heterocycles. The van der Waals surface area contributed by atoms with E-state index in [1.54, 1.807) is 24.3 Å². The van der Waals surface area contributed by atoms with Gasteiger partial charge in [0.05, 0.1) is 12.2 Å². The fourth-order valence-electron chi connectivity index (χ4n) is 2.05. The third-order valence-corrected chi connectivity index (χ3v) is 3.17. The quantitative estimate of drug-likeness (QED) is 0.668. The van der Waals surface area contributed by atoms with E-state index >= 15 is 0 Å². The molecule has 0 aliphatic heterocycles. The van der Waals surface area contributed by atoms with Gasteiger partial charge in [0.1, 0.15) is 5.75 Å². The fraction of sp³-hybridized carbons (Fsp3) is 0.235. The first-order chi connectivity index (χ1) is 9.65. The number of rotatable bonds is 5. The van der Waals surface area contributed by atoms with Crippen molar-refractivity contribution in [3.63, 3.8) is 0 Å². The first-order valence-electron chi connectivity index (χ1n) is 6.81. The van der Waals surface area contributed by atoms with Crippen LogP contribution in [0.5, 0.6) is 5.75 Å². The van der Waals surface area contributed by atoms with Gasteiger partial charge in [-0.1, -0.05) is 13.0 Å². The van der Waals surface area contributed by atoms with Crippen LogP contribution in [-0.4, -0.2) is 12.4 Å². The first-order valence-corrected chi connectivity index (χ1v) is 6.81. The average molecular weight is 269 g/mol. The van der Waals surface area contributed by atoms with Crippen molar-refractivity contribution in [2.45, 2.75) is 20.3 Å². The van der Waals surface area contributed by atoms with Gasteiger partial charge in [0.15, 0.2) is 5.78 Å². The maximum absolute atomic E-state index is 12.6. The number of benzene rings is 2. The van der Waals surface area contributed by atoms with Crippen molar-refractivity contribution in [3.05, 3.63) is 59.2 Å². The minimum Gasteiger partial charge on any atom is -0.493 e. The minimum absolute atomic E-state index is 0.0382. The van der Waals surface area contributed by atoms with Crippen LogP contribution in [0.15, 0.2) is 42.5 Å². The zero-order valence-corrected chi connectivity index (χ0v) is 11.8. The van der Waals surface area contributed by atoms with Gasteiger partial charge in [0.2, 0.25) is 0 Å². The molecule has 0 amide bonds. The molecule has 0 saturated carbocycles. The molecular formula is C17H19NO2. The van der Waals surface area contributed by atoms with Crippen LogP contribution < -0.4 is 10.5 Å². The van der Waals surface area contributed by atoms with E-state index in [0.29, 0.717) is 29.2 Å². The molecule has 104 valence electrons. The van der Waals surface area contributed by atoms with E-state index in [1.165, 1.54) is 0 Å². The van der Waals surface area contributed by atoms with E-state index in [9.17, 15) is 4.79 Å². The number of carbonyl (C=O) groups excluding carboxylic acids is 1. The molecule has 0 spiro atoms. The molecule has 0 fully saturated rings. The Kier molecular flexibility index (Phi) is 4.41. The Morgan fingerprint density at radius 1 is 1.10 bits per heavy atom. The molecule has 3 nitrogen and oxygen atoms in total. The van der Waals surface area contributed by atoms with Crippen molar-refractivity contribution in [3.8, 4) is 5.75 Å². The highest BCUT2D eigenvalue weighted by Gasteiger charge is 2.15. The molecular weight excluding hydrogens is 250 g/mol. The van der Waals surface area contributed by atoms with Crippen molar-refractivity contribution < 1.29 is 9.53 Å². The number of aryl methyl sites for hydroxylation is 1. The lowest BCUT2D eigenvalue weighted by molar-refractivity contribution is 0.103. The van der Waals surface area contributed by atoms with Crippen molar-refractivity contribution in [2.24, 2.45) is 0 Å². The molecule has 0 aliphatic rings. The number of anilines is 1. The second kappa shape index (κ2) is 6.24. The largest absolute Gasteiger partial charge is 0.493 e. The summed E-state index contributed by atoms with van der Waals surface area (Å²) in [6, 6.07) is 12.7. The van der Waals surface area contributed by atoms with Gasteiger partial charge >= 0.3 is 0 Å². The Labute approximate surface area is 119 Å². The Bertz CT molecular complexity index is 603. The highest BCUT2D eigenvalue weighted by molar-refractivity contribution is 6.11.